The molecule has 86 valence electrons. The molecule has 1 unspecified atom stereocenters. The Labute approximate surface area is 97.0 Å². The van der Waals surface area contributed by atoms with E-state index in [1.165, 1.54) is 31.3 Å². The minimum atomic E-state index is -0.116. The van der Waals surface area contributed by atoms with E-state index in [1.54, 1.807) is 5.57 Å². The molecule has 2 aliphatic carbocycles. The summed E-state index contributed by atoms with van der Waals surface area (Å²) < 4.78 is 0. The molecule has 0 amide bonds. The molecule has 1 heterocycles. The summed E-state index contributed by atoms with van der Waals surface area (Å²) in [6.45, 7) is 4.38. The molecule has 3 aliphatic rings. The molecule has 0 saturated carbocycles. The van der Waals surface area contributed by atoms with E-state index < -0.39 is 0 Å². The third-order valence-corrected chi connectivity index (χ3v) is 4.29. The average molecular weight is 217 g/mol. The van der Waals surface area contributed by atoms with Crippen LogP contribution in [0.2, 0.25) is 0 Å². The molecule has 1 aliphatic heterocycles. The molecule has 0 N–H and O–H groups in total. The molecule has 0 fully saturated rings. The summed E-state index contributed by atoms with van der Waals surface area (Å²) in [5.41, 5.74) is 4.08. The van der Waals surface area contributed by atoms with E-state index in [0.29, 0.717) is 5.92 Å². The Morgan fingerprint density at radius 1 is 1.44 bits per heavy atom. The number of rotatable bonds is 0. The fourth-order valence-corrected chi connectivity index (χ4v) is 3.31. The van der Waals surface area contributed by atoms with E-state index >= 15 is 0 Å². The van der Waals surface area contributed by atoms with Crippen molar-refractivity contribution in [3.63, 3.8) is 0 Å². The maximum Gasteiger partial charge on any atom is 0.170 e. The second-order valence-corrected chi connectivity index (χ2v) is 5.38. The fourth-order valence-electron chi connectivity index (χ4n) is 3.31. The van der Waals surface area contributed by atoms with Crippen LogP contribution < -0.4 is 0 Å². The summed E-state index contributed by atoms with van der Waals surface area (Å²) in [7, 11) is 0. The summed E-state index contributed by atoms with van der Waals surface area (Å²) in [5.74, 6) is 0.579. The number of oxime groups is 1. The molecule has 3 rings (SSSR count). The average Bonchev–Trinajstić information content (AvgIpc) is 2.68. The van der Waals surface area contributed by atoms with Crippen LogP contribution in [0.3, 0.4) is 0 Å². The van der Waals surface area contributed by atoms with E-state index in [1.807, 2.05) is 0 Å². The Hall–Kier alpha value is -1.05. The van der Waals surface area contributed by atoms with Crippen LogP contribution in [-0.2, 0) is 4.84 Å². The van der Waals surface area contributed by atoms with E-state index in [4.69, 9.17) is 4.84 Å². The zero-order chi connectivity index (χ0) is 11.2. The van der Waals surface area contributed by atoms with Crippen LogP contribution in [0.25, 0.3) is 0 Å². The van der Waals surface area contributed by atoms with Crippen LogP contribution >= 0.6 is 0 Å². The Morgan fingerprint density at radius 2 is 2.31 bits per heavy atom. The molecule has 0 radical (unpaired) electrons. The Kier molecular flexibility index (Phi) is 2.20. The van der Waals surface area contributed by atoms with E-state index in [2.05, 4.69) is 31.2 Å². The first kappa shape index (κ1) is 10.1. The SMILES string of the molecule is CC1=NO[C@]2(C1)C1=C(CCC=C1)CCC2C. The zero-order valence-corrected chi connectivity index (χ0v) is 10.1. The van der Waals surface area contributed by atoms with Gasteiger partial charge in [0.2, 0.25) is 0 Å². The van der Waals surface area contributed by atoms with Gasteiger partial charge in [-0.2, -0.15) is 0 Å². The van der Waals surface area contributed by atoms with Gasteiger partial charge in [-0.1, -0.05) is 29.8 Å². The van der Waals surface area contributed by atoms with E-state index in [-0.39, 0.29) is 5.60 Å². The number of fused-ring (bicyclic) bond motifs is 1. The quantitative estimate of drug-likeness (QED) is 0.607. The lowest BCUT2D eigenvalue weighted by molar-refractivity contribution is -0.0350. The van der Waals surface area contributed by atoms with Crippen molar-refractivity contribution >= 4 is 5.71 Å². The molecular formula is C14H19NO. The van der Waals surface area contributed by atoms with Crippen LogP contribution in [0.15, 0.2) is 28.5 Å². The fraction of sp³-hybridized carbons (Fsp3) is 0.643. The van der Waals surface area contributed by atoms with Crippen LogP contribution in [0.5, 0.6) is 0 Å². The normalized spacial score (nSPS) is 37.4. The second-order valence-electron chi connectivity index (χ2n) is 5.38. The van der Waals surface area contributed by atoms with Crippen molar-refractivity contribution in [2.45, 2.75) is 51.6 Å². The van der Waals surface area contributed by atoms with Gasteiger partial charge in [0.15, 0.2) is 5.60 Å². The van der Waals surface area contributed by atoms with Crippen LogP contribution in [0, 0.1) is 5.92 Å². The number of hydrogen-bond donors (Lipinski definition) is 0. The van der Waals surface area contributed by atoms with Gasteiger partial charge in [-0.3, -0.25) is 0 Å². The summed E-state index contributed by atoms with van der Waals surface area (Å²) in [4.78, 5) is 5.85. The van der Waals surface area contributed by atoms with Crippen molar-refractivity contribution in [2.75, 3.05) is 0 Å². The van der Waals surface area contributed by atoms with Gasteiger partial charge in [0, 0.05) is 12.3 Å². The minimum absolute atomic E-state index is 0.116. The first-order valence-electron chi connectivity index (χ1n) is 6.33. The van der Waals surface area contributed by atoms with Gasteiger partial charge in [-0.25, -0.2) is 0 Å². The van der Waals surface area contributed by atoms with Crippen molar-refractivity contribution in [3.05, 3.63) is 23.3 Å². The van der Waals surface area contributed by atoms with Crippen LogP contribution in [0.4, 0.5) is 0 Å². The molecule has 0 aromatic carbocycles. The lowest BCUT2D eigenvalue weighted by Crippen LogP contribution is -2.42. The molecule has 0 saturated heterocycles. The van der Waals surface area contributed by atoms with Crippen molar-refractivity contribution in [2.24, 2.45) is 11.1 Å². The van der Waals surface area contributed by atoms with Crippen LogP contribution in [0.1, 0.15) is 46.0 Å². The van der Waals surface area contributed by atoms with Crippen molar-refractivity contribution in [1.82, 2.24) is 0 Å². The summed E-state index contributed by atoms with van der Waals surface area (Å²) in [5, 5.41) is 4.20. The Morgan fingerprint density at radius 3 is 3.06 bits per heavy atom. The molecule has 2 heteroatoms. The summed E-state index contributed by atoms with van der Waals surface area (Å²) in [6, 6.07) is 0. The predicted octanol–water partition coefficient (Wildman–Crippen LogP) is 3.60. The molecule has 0 bridgehead atoms. The predicted molar refractivity (Wildman–Crippen MR) is 65.3 cm³/mol. The zero-order valence-electron chi connectivity index (χ0n) is 10.1. The molecule has 2 atom stereocenters. The van der Waals surface area contributed by atoms with Gasteiger partial charge in [0.25, 0.3) is 0 Å². The highest BCUT2D eigenvalue weighted by atomic mass is 16.7. The van der Waals surface area contributed by atoms with Gasteiger partial charge in [0.05, 0.1) is 5.71 Å². The number of hydrogen-bond acceptors (Lipinski definition) is 2. The number of allylic oxidation sites excluding steroid dienone is 2. The smallest absolute Gasteiger partial charge is 0.170 e. The van der Waals surface area contributed by atoms with Gasteiger partial charge >= 0.3 is 0 Å². The monoisotopic (exact) mass is 217 g/mol. The Balaban J connectivity index is 2.04. The first-order chi connectivity index (χ1) is 7.72. The van der Waals surface area contributed by atoms with E-state index in [9.17, 15) is 0 Å². The molecule has 0 aromatic heterocycles. The van der Waals surface area contributed by atoms with E-state index in [0.717, 1.165) is 12.1 Å². The molecular weight excluding hydrogens is 198 g/mol. The Bertz CT molecular complexity index is 405. The molecule has 16 heavy (non-hydrogen) atoms. The van der Waals surface area contributed by atoms with Gasteiger partial charge in [0.1, 0.15) is 0 Å². The van der Waals surface area contributed by atoms with Gasteiger partial charge < -0.3 is 4.84 Å². The largest absolute Gasteiger partial charge is 0.384 e. The highest BCUT2D eigenvalue weighted by Gasteiger charge is 2.48. The maximum atomic E-state index is 5.85. The second kappa shape index (κ2) is 3.47. The van der Waals surface area contributed by atoms with Crippen LogP contribution in [-0.4, -0.2) is 11.3 Å². The van der Waals surface area contributed by atoms with Crippen molar-refractivity contribution in [1.29, 1.82) is 0 Å². The maximum absolute atomic E-state index is 5.85. The molecule has 0 aromatic rings. The molecule has 1 spiro atoms. The lowest BCUT2D eigenvalue weighted by Gasteiger charge is -2.40. The standard InChI is InChI=1S/C14H19NO/c1-10-7-8-12-5-3-4-6-13(12)14(10)9-11(2)15-16-14/h4,6,10H,3,5,7-9H2,1-2H3/t10?,14-/m0/s1. The summed E-state index contributed by atoms with van der Waals surface area (Å²) in [6.07, 6.45) is 10.5. The highest BCUT2D eigenvalue weighted by Crippen LogP contribution is 2.48. The van der Waals surface area contributed by atoms with Crippen molar-refractivity contribution in [3.8, 4) is 0 Å². The lowest BCUT2D eigenvalue weighted by atomic mass is 9.68. The third kappa shape index (κ3) is 1.28. The van der Waals surface area contributed by atoms with Gasteiger partial charge in [-0.05, 0) is 38.2 Å². The number of nitrogens with zero attached hydrogens (tertiary/aromatic N) is 1. The third-order valence-electron chi connectivity index (χ3n) is 4.29. The van der Waals surface area contributed by atoms with Crippen molar-refractivity contribution < 1.29 is 4.84 Å². The van der Waals surface area contributed by atoms with Gasteiger partial charge in [-0.15, -0.1) is 0 Å². The topological polar surface area (TPSA) is 21.6 Å². The first-order valence-corrected chi connectivity index (χ1v) is 6.33. The molecule has 2 nitrogen and oxygen atoms in total. The minimum Gasteiger partial charge on any atom is -0.384 e. The highest BCUT2D eigenvalue weighted by molar-refractivity contribution is 5.84. The summed E-state index contributed by atoms with van der Waals surface area (Å²) >= 11 is 0.